The zero-order valence-electron chi connectivity index (χ0n) is 12.5. The third-order valence-electron chi connectivity index (χ3n) is 2.25. The Bertz CT molecular complexity index is 413. The highest BCUT2D eigenvalue weighted by atomic mass is 16.6. The second-order valence-electron chi connectivity index (χ2n) is 5.33. The molecule has 6 heteroatoms. The van der Waals surface area contributed by atoms with Gasteiger partial charge in [-0.3, -0.25) is 5.32 Å². The van der Waals surface area contributed by atoms with Crippen LogP contribution < -0.4 is 10.6 Å². The molecule has 0 aromatic carbocycles. The van der Waals surface area contributed by atoms with Crippen molar-refractivity contribution in [3.05, 3.63) is 18.3 Å². The van der Waals surface area contributed by atoms with Gasteiger partial charge in [-0.25, -0.2) is 9.78 Å². The van der Waals surface area contributed by atoms with Crippen molar-refractivity contribution in [3.63, 3.8) is 0 Å². The van der Waals surface area contributed by atoms with Gasteiger partial charge in [-0.15, -0.1) is 0 Å². The van der Waals surface area contributed by atoms with Crippen molar-refractivity contribution in [2.75, 3.05) is 30.9 Å². The van der Waals surface area contributed by atoms with Crippen molar-refractivity contribution in [1.82, 2.24) is 4.98 Å². The average molecular weight is 281 g/mol. The maximum absolute atomic E-state index is 11.6. The van der Waals surface area contributed by atoms with E-state index in [4.69, 9.17) is 9.47 Å². The molecule has 0 radical (unpaired) electrons. The van der Waals surface area contributed by atoms with Gasteiger partial charge in [-0.05, 0) is 39.3 Å². The lowest BCUT2D eigenvalue weighted by Gasteiger charge is -2.19. The molecule has 0 unspecified atom stereocenters. The minimum atomic E-state index is -0.521. The molecule has 0 saturated carbocycles. The zero-order valence-corrected chi connectivity index (χ0v) is 12.5. The number of ether oxygens (including phenoxy) is 2. The molecule has 0 fully saturated rings. The molecule has 1 aromatic heterocycles. The van der Waals surface area contributed by atoms with E-state index in [2.05, 4.69) is 15.6 Å². The summed E-state index contributed by atoms with van der Waals surface area (Å²) in [6.45, 7) is 6.97. The molecule has 1 aromatic rings. The molecule has 2 N–H and O–H groups in total. The van der Waals surface area contributed by atoms with Crippen LogP contribution in [0.25, 0.3) is 0 Å². The predicted molar refractivity (Wildman–Crippen MR) is 79.1 cm³/mol. The van der Waals surface area contributed by atoms with Gasteiger partial charge in [0.05, 0.1) is 11.9 Å². The lowest BCUT2D eigenvalue weighted by atomic mass is 10.2. The first-order valence-electron chi connectivity index (χ1n) is 6.59. The van der Waals surface area contributed by atoms with Gasteiger partial charge in [-0.2, -0.15) is 0 Å². The van der Waals surface area contributed by atoms with Crippen molar-refractivity contribution in [1.29, 1.82) is 0 Å². The fraction of sp³-hybridized carbons (Fsp3) is 0.571. The molecule has 0 atom stereocenters. The van der Waals surface area contributed by atoms with Crippen LogP contribution in [0.4, 0.5) is 16.3 Å². The number of nitrogens with zero attached hydrogens (tertiary/aromatic N) is 1. The fourth-order valence-electron chi connectivity index (χ4n) is 1.43. The Morgan fingerprint density at radius 1 is 1.35 bits per heavy atom. The summed E-state index contributed by atoms with van der Waals surface area (Å²) in [6, 6.07) is 3.58. The molecule has 6 nitrogen and oxygen atoms in total. The Hall–Kier alpha value is -1.82. The molecule has 0 bridgehead atoms. The monoisotopic (exact) mass is 281 g/mol. The Kier molecular flexibility index (Phi) is 6.24. The highest BCUT2D eigenvalue weighted by Gasteiger charge is 2.16. The van der Waals surface area contributed by atoms with Crippen LogP contribution in [0.5, 0.6) is 0 Å². The van der Waals surface area contributed by atoms with Gasteiger partial charge in [0.1, 0.15) is 11.4 Å². The third kappa shape index (κ3) is 6.94. The Morgan fingerprint density at radius 3 is 2.65 bits per heavy atom. The Labute approximate surface area is 119 Å². The first kappa shape index (κ1) is 16.2. The van der Waals surface area contributed by atoms with E-state index in [0.29, 0.717) is 5.82 Å². The maximum Gasteiger partial charge on any atom is 0.413 e. The lowest BCUT2D eigenvalue weighted by Crippen LogP contribution is -2.27. The number of anilines is 2. The molecule has 1 amide bonds. The van der Waals surface area contributed by atoms with Crippen molar-refractivity contribution in [2.45, 2.75) is 32.8 Å². The van der Waals surface area contributed by atoms with Crippen LogP contribution in [-0.2, 0) is 9.47 Å². The molecule has 0 aliphatic rings. The smallest absolute Gasteiger partial charge is 0.413 e. The number of rotatable bonds is 6. The van der Waals surface area contributed by atoms with E-state index in [1.807, 2.05) is 26.8 Å². The highest BCUT2D eigenvalue weighted by molar-refractivity contribution is 5.83. The van der Waals surface area contributed by atoms with Gasteiger partial charge in [0.2, 0.25) is 0 Å². The molecule has 1 heterocycles. The van der Waals surface area contributed by atoms with Crippen molar-refractivity contribution in [2.24, 2.45) is 0 Å². The molecule has 112 valence electrons. The Morgan fingerprint density at radius 2 is 2.10 bits per heavy atom. The minimum absolute atomic E-state index is 0.460. The molecule has 1 rings (SSSR count). The molecular formula is C14H23N3O3. The van der Waals surface area contributed by atoms with Crippen LogP contribution in [-0.4, -0.2) is 36.9 Å². The fourth-order valence-corrected chi connectivity index (χ4v) is 1.43. The van der Waals surface area contributed by atoms with Crippen molar-refractivity contribution >= 4 is 17.6 Å². The SMILES string of the molecule is COCCCNc1ccc(NC(=O)OC(C)(C)C)nc1. The normalized spacial score (nSPS) is 11.0. The molecule has 0 aliphatic heterocycles. The third-order valence-corrected chi connectivity index (χ3v) is 2.25. The maximum atomic E-state index is 11.6. The Balaban J connectivity index is 2.40. The molecule has 20 heavy (non-hydrogen) atoms. The van der Waals surface area contributed by atoms with E-state index < -0.39 is 11.7 Å². The molecule has 0 saturated heterocycles. The van der Waals surface area contributed by atoms with Crippen molar-refractivity contribution < 1.29 is 14.3 Å². The topological polar surface area (TPSA) is 72.5 Å². The van der Waals surface area contributed by atoms with Crippen LogP contribution in [0.15, 0.2) is 18.3 Å². The number of carbonyl (C=O) groups is 1. The van der Waals surface area contributed by atoms with Crippen LogP contribution in [0, 0.1) is 0 Å². The molecular weight excluding hydrogens is 258 g/mol. The lowest BCUT2D eigenvalue weighted by molar-refractivity contribution is 0.0635. The van der Waals surface area contributed by atoms with E-state index in [9.17, 15) is 4.79 Å². The second kappa shape index (κ2) is 7.69. The first-order chi connectivity index (χ1) is 9.40. The summed E-state index contributed by atoms with van der Waals surface area (Å²) in [6.07, 6.45) is 2.08. The predicted octanol–water partition coefficient (Wildman–Crippen LogP) is 2.88. The van der Waals surface area contributed by atoms with E-state index in [1.54, 1.807) is 19.4 Å². The summed E-state index contributed by atoms with van der Waals surface area (Å²) in [5.74, 6) is 0.460. The number of nitrogens with one attached hydrogen (secondary N) is 2. The quantitative estimate of drug-likeness (QED) is 0.784. The van der Waals surface area contributed by atoms with Crippen molar-refractivity contribution in [3.8, 4) is 0 Å². The van der Waals surface area contributed by atoms with Crippen LogP contribution in [0.2, 0.25) is 0 Å². The van der Waals surface area contributed by atoms with E-state index in [-0.39, 0.29) is 0 Å². The van der Waals surface area contributed by atoms with Crippen LogP contribution >= 0.6 is 0 Å². The number of pyridine rings is 1. The summed E-state index contributed by atoms with van der Waals surface area (Å²) < 4.78 is 10.1. The number of methoxy groups -OCH3 is 1. The number of carbonyl (C=O) groups excluding carboxylic acids is 1. The summed E-state index contributed by atoms with van der Waals surface area (Å²) in [5, 5.41) is 5.79. The minimum Gasteiger partial charge on any atom is -0.444 e. The molecule has 0 spiro atoms. The van der Waals surface area contributed by atoms with E-state index >= 15 is 0 Å². The molecule has 0 aliphatic carbocycles. The number of aromatic nitrogens is 1. The summed E-state index contributed by atoms with van der Waals surface area (Å²) in [5.41, 5.74) is 0.378. The number of hydrogen-bond donors (Lipinski definition) is 2. The summed E-state index contributed by atoms with van der Waals surface area (Å²) in [7, 11) is 1.68. The zero-order chi connectivity index (χ0) is 15.0. The van der Waals surface area contributed by atoms with Gasteiger partial charge < -0.3 is 14.8 Å². The van der Waals surface area contributed by atoms with Crippen LogP contribution in [0.1, 0.15) is 27.2 Å². The van der Waals surface area contributed by atoms with Gasteiger partial charge in [-0.1, -0.05) is 0 Å². The van der Waals surface area contributed by atoms with Crippen LogP contribution in [0.3, 0.4) is 0 Å². The van der Waals surface area contributed by atoms with Gasteiger partial charge in [0, 0.05) is 20.3 Å². The van der Waals surface area contributed by atoms with Gasteiger partial charge in [0.25, 0.3) is 0 Å². The highest BCUT2D eigenvalue weighted by Crippen LogP contribution is 2.12. The van der Waals surface area contributed by atoms with E-state index in [0.717, 1.165) is 25.3 Å². The second-order valence-corrected chi connectivity index (χ2v) is 5.33. The average Bonchev–Trinajstić information content (AvgIpc) is 2.34. The first-order valence-corrected chi connectivity index (χ1v) is 6.59. The number of amides is 1. The number of hydrogen-bond acceptors (Lipinski definition) is 5. The van der Waals surface area contributed by atoms with Gasteiger partial charge in [0.15, 0.2) is 0 Å². The summed E-state index contributed by atoms with van der Waals surface area (Å²) >= 11 is 0. The standard InChI is InChI=1S/C14H23N3O3/c1-14(2,3)20-13(18)17-12-7-6-11(10-16-12)15-8-5-9-19-4/h6-7,10,15H,5,8-9H2,1-4H3,(H,16,17,18). The van der Waals surface area contributed by atoms with Gasteiger partial charge >= 0.3 is 6.09 Å². The van der Waals surface area contributed by atoms with E-state index in [1.165, 1.54) is 0 Å². The largest absolute Gasteiger partial charge is 0.444 e. The summed E-state index contributed by atoms with van der Waals surface area (Å²) in [4.78, 5) is 15.7.